The van der Waals surface area contributed by atoms with Gasteiger partial charge in [0.2, 0.25) is 0 Å². The highest BCUT2D eigenvalue weighted by atomic mass is 32.2. The number of hydrogen-bond acceptors (Lipinski definition) is 7. The quantitative estimate of drug-likeness (QED) is 0.631. The molecule has 25 heavy (non-hydrogen) atoms. The maximum Gasteiger partial charge on any atom is 0.348 e. The van der Waals surface area contributed by atoms with Gasteiger partial charge >= 0.3 is 11.9 Å². The van der Waals surface area contributed by atoms with Crippen LogP contribution in [-0.4, -0.2) is 38.3 Å². The average molecular weight is 379 g/mol. The minimum absolute atomic E-state index is 0.155. The number of ether oxygens (including phenoxy) is 2. The van der Waals surface area contributed by atoms with E-state index in [1.165, 1.54) is 26.0 Å². The second kappa shape index (κ2) is 8.17. The summed E-state index contributed by atoms with van der Waals surface area (Å²) in [6.45, 7) is 1.61. The third-order valence-corrected chi connectivity index (χ3v) is 5.38. The minimum atomic E-state index is -0.628. The van der Waals surface area contributed by atoms with Gasteiger partial charge in [-0.15, -0.1) is 23.1 Å². The molecular formula is C17H17NO5S2. The van der Waals surface area contributed by atoms with Crippen LogP contribution < -0.4 is 5.32 Å². The predicted molar refractivity (Wildman–Crippen MR) is 97.9 cm³/mol. The van der Waals surface area contributed by atoms with Crippen molar-refractivity contribution in [2.75, 3.05) is 25.8 Å². The molecule has 0 spiro atoms. The van der Waals surface area contributed by atoms with Crippen molar-refractivity contribution in [3.8, 4) is 0 Å². The van der Waals surface area contributed by atoms with Gasteiger partial charge in [0.05, 0.1) is 19.8 Å². The Morgan fingerprint density at radius 2 is 1.80 bits per heavy atom. The van der Waals surface area contributed by atoms with Crippen LogP contribution in [0.25, 0.3) is 0 Å². The second-order valence-corrected chi connectivity index (χ2v) is 6.83. The van der Waals surface area contributed by atoms with Crippen molar-refractivity contribution >= 4 is 45.9 Å². The summed E-state index contributed by atoms with van der Waals surface area (Å²) in [6.07, 6.45) is 1.91. The lowest BCUT2D eigenvalue weighted by atomic mass is 10.1. The van der Waals surface area contributed by atoms with Crippen molar-refractivity contribution in [1.29, 1.82) is 0 Å². The molecule has 2 aromatic rings. The fraction of sp³-hybridized carbons (Fsp3) is 0.235. The Morgan fingerprint density at radius 3 is 2.40 bits per heavy atom. The fourth-order valence-corrected chi connectivity index (χ4v) is 3.74. The molecule has 132 valence electrons. The molecule has 2 rings (SSSR count). The molecule has 1 amide bonds. The van der Waals surface area contributed by atoms with E-state index >= 15 is 0 Å². The van der Waals surface area contributed by atoms with E-state index in [0.29, 0.717) is 11.1 Å². The maximum atomic E-state index is 12.5. The summed E-state index contributed by atoms with van der Waals surface area (Å²) in [5.41, 5.74) is 1.02. The highest BCUT2D eigenvalue weighted by molar-refractivity contribution is 7.98. The molecular weight excluding hydrogens is 362 g/mol. The Labute approximate surface area is 153 Å². The van der Waals surface area contributed by atoms with E-state index in [4.69, 9.17) is 9.47 Å². The van der Waals surface area contributed by atoms with Crippen LogP contribution in [0.15, 0.2) is 29.2 Å². The van der Waals surface area contributed by atoms with E-state index in [1.807, 2.05) is 12.3 Å². The maximum absolute atomic E-state index is 12.5. The molecule has 0 atom stereocenters. The molecule has 1 aromatic carbocycles. The number of hydrogen-bond donors (Lipinski definition) is 1. The van der Waals surface area contributed by atoms with Crippen LogP contribution in [-0.2, 0) is 9.47 Å². The first-order valence-corrected chi connectivity index (χ1v) is 9.22. The van der Waals surface area contributed by atoms with Crippen LogP contribution in [0.3, 0.4) is 0 Å². The molecule has 0 unspecified atom stereocenters. The van der Waals surface area contributed by atoms with Crippen molar-refractivity contribution in [3.63, 3.8) is 0 Å². The highest BCUT2D eigenvalue weighted by Gasteiger charge is 2.27. The highest BCUT2D eigenvalue weighted by Crippen LogP contribution is 2.34. The summed E-state index contributed by atoms with van der Waals surface area (Å²) in [4.78, 5) is 37.7. The average Bonchev–Trinajstić information content (AvgIpc) is 2.96. The normalized spacial score (nSPS) is 10.2. The van der Waals surface area contributed by atoms with Gasteiger partial charge in [0.1, 0.15) is 9.88 Å². The molecule has 0 saturated heterocycles. The Morgan fingerprint density at radius 1 is 1.12 bits per heavy atom. The summed E-state index contributed by atoms with van der Waals surface area (Å²) >= 11 is 2.50. The van der Waals surface area contributed by atoms with Crippen molar-refractivity contribution in [2.24, 2.45) is 0 Å². The summed E-state index contributed by atoms with van der Waals surface area (Å²) in [6, 6.07) is 7.10. The van der Waals surface area contributed by atoms with Gasteiger partial charge < -0.3 is 14.8 Å². The Kier molecular flexibility index (Phi) is 6.22. The molecule has 1 heterocycles. The number of methoxy groups -OCH3 is 2. The van der Waals surface area contributed by atoms with E-state index in [1.54, 1.807) is 25.1 Å². The van der Waals surface area contributed by atoms with Gasteiger partial charge in [-0.3, -0.25) is 4.79 Å². The third-order valence-electron chi connectivity index (χ3n) is 3.47. The lowest BCUT2D eigenvalue weighted by Crippen LogP contribution is -2.14. The zero-order valence-electron chi connectivity index (χ0n) is 14.2. The number of rotatable bonds is 5. The van der Waals surface area contributed by atoms with Gasteiger partial charge in [0.15, 0.2) is 0 Å². The summed E-state index contributed by atoms with van der Waals surface area (Å²) in [5, 5.41) is 2.95. The van der Waals surface area contributed by atoms with Crippen LogP contribution in [0.2, 0.25) is 0 Å². The SMILES string of the molecule is COC(=O)c1sc(NC(=O)c2cccc(SC)c2)c(C(=O)OC)c1C. The number of carbonyl (C=O) groups is 3. The summed E-state index contributed by atoms with van der Waals surface area (Å²) in [5.74, 6) is -1.58. The third kappa shape index (κ3) is 4.02. The number of nitrogens with one attached hydrogen (secondary N) is 1. The number of esters is 2. The molecule has 0 radical (unpaired) electrons. The van der Waals surface area contributed by atoms with Gasteiger partial charge in [-0.25, -0.2) is 9.59 Å². The Hall–Kier alpha value is -2.32. The molecule has 1 N–H and O–H groups in total. The lowest BCUT2D eigenvalue weighted by molar-refractivity contribution is 0.0601. The van der Waals surface area contributed by atoms with Gasteiger partial charge in [0.25, 0.3) is 5.91 Å². The number of thioether (sulfide) groups is 1. The number of benzene rings is 1. The fourth-order valence-electron chi connectivity index (χ4n) is 2.18. The molecule has 0 bridgehead atoms. The van der Waals surface area contributed by atoms with Crippen molar-refractivity contribution in [3.05, 3.63) is 45.8 Å². The molecule has 0 fully saturated rings. The van der Waals surface area contributed by atoms with Crippen LogP contribution in [0.5, 0.6) is 0 Å². The van der Waals surface area contributed by atoms with Gasteiger partial charge in [-0.2, -0.15) is 0 Å². The molecule has 0 saturated carbocycles. The van der Waals surface area contributed by atoms with Gasteiger partial charge in [-0.1, -0.05) is 6.07 Å². The minimum Gasteiger partial charge on any atom is -0.465 e. The predicted octanol–water partition coefficient (Wildman–Crippen LogP) is 3.60. The molecule has 0 aliphatic rings. The first-order valence-electron chi connectivity index (χ1n) is 7.18. The summed E-state index contributed by atoms with van der Waals surface area (Å²) in [7, 11) is 2.50. The second-order valence-electron chi connectivity index (χ2n) is 4.93. The standard InChI is InChI=1S/C17H17NO5S2/c1-9-12(16(20)22-2)15(25-13(9)17(21)23-3)18-14(19)10-6-5-7-11(8-10)24-4/h5-8H,1-4H3,(H,18,19). The Balaban J connectivity index is 2.42. The number of anilines is 1. The van der Waals surface area contributed by atoms with E-state index in [2.05, 4.69) is 5.32 Å². The van der Waals surface area contributed by atoms with Crippen LogP contribution in [0.1, 0.15) is 36.0 Å². The smallest absolute Gasteiger partial charge is 0.348 e. The lowest BCUT2D eigenvalue weighted by Gasteiger charge is -2.07. The molecule has 6 nitrogen and oxygen atoms in total. The number of amides is 1. The first kappa shape index (κ1) is 19.0. The molecule has 8 heteroatoms. The molecule has 0 aliphatic carbocycles. The van der Waals surface area contributed by atoms with Crippen LogP contribution in [0.4, 0.5) is 5.00 Å². The van der Waals surface area contributed by atoms with Crippen LogP contribution in [0, 0.1) is 6.92 Å². The van der Waals surface area contributed by atoms with E-state index < -0.39 is 11.9 Å². The van der Waals surface area contributed by atoms with Gasteiger partial charge in [-0.05, 0) is 36.9 Å². The monoisotopic (exact) mass is 379 g/mol. The Bertz CT molecular complexity index is 828. The topological polar surface area (TPSA) is 81.7 Å². The zero-order chi connectivity index (χ0) is 18.6. The molecule has 0 aliphatic heterocycles. The van der Waals surface area contributed by atoms with Crippen molar-refractivity contribution < 1.29 is 23.9 Å². The first-order chi connectivity index (χ1) is 11.9. The van der Waals surface area contributed by atoms with Crippen molar-refractivity contribution in [2.45, 2.75) is 11.8 Å². The van der Waals surface area contributed by atoms with Gasteiger partial charge in [0, 0.05) is 10.5 Å². The summed E-state index contributed by atoms with van der Waals surface area (Å²) < 4.78 is 9.49. The van der Waals surface area contributed by atoms with Crippen LogP contribution >= 0.6 is 23.1 Å². The largest absolute Gasteiger partial charge is 0.465 e. The van der Waals surface area contributed by atoms with E-state index in [-0.39, 0.29) is 21.3 Å². The number of carbonyl (C=O) groups excluding carboxylic acids is 3. The zero-order valence-corrected chi connectivity index (χ0v) is 15.8. The number of thiophene rings is 1. The molecule has 1 aromatic heterocycles. The van der Waals surface area contributed by atoms with Crippen molar-refractivity contribution in [1.82, 2.24) is 0 Å². The van der Waals surface area contributed by atoms with E-state index in [9.17, 15) is 14.4 Å². The van der Waals surface area contributed by atoms with E-state index in [0.717, 1.165) is 16.2 Å².